The molecule has 3 aromatic rings. The van der Waals surface area contributed by atoms with E-state index in [2.05, 4.69) is 20.6 Å². The lowest BCUT2D eigenvalue weighted by Gasteiger charge is -2.17. The molecule has 0 spiro atoms. The third kappa shape index (κ3) is 2.78. The number of benzene rings is 1. The second kappa shape index (κ2) is 4.92. The summed E-state index contributed by atoms with van der Waals surface area (Å²) in [5, 5.41) is 15.9. The molecule has 0 unspecified atom stereocenters. The molecular formula is C14H15N5OS. The summed E-state index contributed by atoms with van der Waals surface area (Å²) in [5.74, 6) is -0.0159. The van der Waals surface area contributed by atoms with Crippen LogP contribution in [0, 0.1) is 5.41 Å². The molecule has 0 bridgehead atoms. The maximum absolute atomic E-state index is 12.0. The molecule has 3 rings (SSSR count). The molecule has 0 radical (unpaired) electrons. The smallest absolute Gasteiger partial charge is 0.234 e. The number of rotatable bonds is 2. The monoisotopic (exact) mass is 301 g/mol. The van der Waals surface area contributed by atoms with Crippen LogP contribution in [0.3, 0.4) is 0 Å². The molecule has 0 aliphatic heterocycles. The van der Waals surface area contributed by atoms with Crippen molar-refractivity contribution in [1.29, 1.82) is 0 Å². The van der Waals surface area contributed by atoms with Crippen LogP contribution in [0.15, 0.2) is 30.6 Å². The zero-order valence-electron chi connectivity index (χ0n) is 12.0. The number of hydrogen-bond donors (Lipinski definition) is 1. The van der Waals surface area contributed by atoms with Gasteiger partial charge in [0.05, 0.1) is 0 Å². The largest absolute Gasteiger partial charge is 0.326 e. The Balaban J connectivity index is 1.89. The number of carbonyl (C=O) groups excluding carboxylic acids is 1. The first-order valence-electron chi connectivity index (χ1n) is 6.52. The van der Waals surface area contributed by atoms with E-state index in [1.54, 1.807) is 10.8 Å². The molecule has 7 heteroatoms. The molecule has 0 fully saturated rings. The molecule has 1 aromatic carbocycles. The second-order valence-corrected chi connectivity index (χ2v) is 6.71. The van der Waals surface area contributed by atoms with Crippen LogP contribution in [0.5, 0.6) is 0 Å². The summed E-state index contributed by atoms with van der Waals surface area (Å²) in [4.78, 5) is 12.8. The van der Waals surface area contributed by atoms with E-state index in [1.165, 1.54) is 11.3 Å². The standard InChI is InChI=1S/C14H15N5OS/c1-14(2,3)12(20)16-10-6-4-5-9(7-10)11-18-19-8-15-17-13(19)21-11/h4-8H,1-3H3,(H,16,20). The highest BCUT2D eigenvalue weighted by Crippen LogP contribution is 2.27. The first-order chi connectivity index (χ1) is 9.93. The topological polar surface area (TPSA) is 72.2 Å². The van der Waals surface area contributed by atoms with Crippen LogP contribution >= 0.6 is 11.3 Å². The number of nitrogens with one attached hydrogen (secondary N) is 1. The highest BCUT2D eigenvalue weighted by atomic mass is 32.1. The van der Waals surface area contributed by atoms with E-state index < -0.39 is 5.41 Å². The van der Waals surface area contributed by atoms with Crippen LogP contribution in [-0.2, 0) is 4.79 Å². The predicted octanol–water partition coefficient (Wildman–Crippen LogP) is 2.84. The Bertz CT molecular complexity index is 770. The fraction of sp³-hybridized carbons (Fsp3) is 0.286. The van der Waals surface area contributed by atoms with E-state index in [1.807, 2.05) is 45.0 Å². The van der Waals surface area contributed by atoms with Gasteiger partial charge in [0.1, 0.15) is 11.3 Å². The molecule has 6 nitrogen and oxygen atoms in total. The number of hydrogen-bond acceptors (Lipinski definition) is 5. The average Bonchev–Trinajstić information content (AvgIpc) is 2.98. The highest BCUT2D eigenvalue weighted by Gasteiger charge is 2.21. The minimum absolute atomic E-state index is 0.0159. The number of anilines is 1. The Morgan fingerprint density at radius 3 is 2.86 bits per heavy atom. The minimum atomic E-state index is -0.427. The normalized spacial score (nSPS) is 11.8. The van der Waals surface area contributed by atoms with E-state index in [-0.39, 0.29) is 5.91 Å². The summed E-state index contributed by atoms with van der Waals surface area (Å²) in [5.41, 5.74) is 1.28. The third-order valence-electron chi connectivity index (χ3n) is 2.94. The fourth-order valence-corrected chi connectivity index (χ4v) is 2.54. The molecule has 0 aliphatic carbocycles. The van der Waals surface area contributed by atoms with Crippen molar-refractivity contribution in [2.75, 3.05) is 5.32 Å². The van der Waals surface area contributed by atoms with Crippen LogP contribution in [0.1, 0.15) is 20.8 Å². The molecule has 21 heavy (non-hydrogen) atoms. The maximum Gasteiger partial charge on any atom is 0.234 e. The van der Waals surface area contributed by atoms with Crippen molar-refractivity contribution in [3.63, 3.8) is 0 Å². The van der Waals surface area contributed by atoms with E-state index in [9.17, 15) is 4.79 Å². The van der Waals surface area contributed by atoms with Crippen molar-refractivity contribution in [2.45, 2.75) is 20.8 Å². The zero-order valence-corrected chi connectivity index (χ0v) is 12.8. The van der Waals surface area contributed by atoms with Gasteiger partial charge in [0, 0.05) is 16.7 Å². The highest BCUT2D eigenvalue weighted by molar-refractivity contribution is 7.19. The van der Waals surface area contributed by atoms with Gasteiger partial charge in [-0.25, -0.2) is 0 Å². The number of amides is 1. The predicted molar refractivity (Wildman–Crippen MR) is 82.2 cm³/mol. The van der Waals surface area contributed by atoms with Gasteiger partial charge in [-0.1, -0.05) is 44.2 Å². The lowest BCUT2D eigenvalue weighted by Crippen LogP contribution is -2.27. The number of fused-ring (bicyclic) bond motifs is 1. The maximum atomic E-state index is 12.0. The van der Waals surface area contributed by atoms with Crippen molar-refractivity contribution < 1.29 is 4.79 Å². The molecule has 108 valence electrons. The van der Waals surface area contributed by atoms with Gasteiger partial charge in [0.15, 0.2) is 0 Å². The van der Waals surface area contributed by atoms with Gasteiger partial charge in [-0.2, -0.15) is 9.61 Å². The van der Waals surface area contributed by atoms with Crippen molar-refractivity contribution in [1.82, 2.24) is 19.8 Å². The number of aromatic nitrogens is 4. The van der Waals surface area contributed by atoms with Crippen LogP contribution in [0.4, 0.5) is 5.69 Å². The number of carbonyl (C=O) groups is 1. The van der Waals surface area contributed by atoms with Gasteiger partial charge in [0.2, 0.25) is 10.9 Å². The van der Waals surface area contributed by atoms with E-state index in [4.69, 9.17) is 0 Å². The van der Waals surface area contributed by atoms with Crippen molar-refractivity contribution in [3.05, 3.63) is 30.6 Å². The van der Waals surface area contributed by atoms with Gasteiger partial charge < -0.3 is 5.32 Å². The SMILES string of the molecule is CC(C)(C)C(=O)Nc1cccc(-c2nn3cnnc3s2)c1. The van der Waals surface area contributed by atoms with Crippen LogP contribution in [0.25, 0.3) is 15.5 Å². The first kappa shape index (κ1) is 13.7. The molecule has 0 saturated carbocycles. The summed E-state index contributed by atoms with van der Waals surface area (Å²) >= 11 is 1.46. The van der Waals surface area contributed by atoms with E-state index in [0.717, 1.165) is 21.2 Å². The molecule has 0 saturated heterocycles. The first-order valence-corrected chi connectivity index (χ1v) is 7.34. The molecule has 2 heterocycles. The van der Waals surface area contributed by atoms with Gasteiger partial charge in [-0.15, -0.1) is 10.2 Å². The summed E-state index contributed by atoms with van der Waals surface area (Å²) in [6, 6.07) is 7.64. The lowest BCUT2D eigenvalue weighted by atomic mass is 9.95. The Kier molecular flexibility index (Phi) is 3.21. The Morgan fingerprint density at radius 1 is 1.33 bits per heavy atom. The summed E-state index contributed by atoms with van der Waals surface area (Å²) in [6.07, 6.45) is 1.57. The van der Waals surface area contributed by atoms with E-state index >= 15 is 0 Å². The Labute approximate surface area is 125 Å². The Morgan fingerprint density at radius 2 is 2.14 bits per heavy atom. The van der Waals surface area contributed by atoms with Crippen molar-refractivity contribution in [2.24, 2.45) is 5.41 Å². The summed E-state index contributed by atoms with van der Waals surface area (Å²) in [7, 11) is 0. The molecule has 2 aromatic heterocycles. The van der Waals surface area contributed by atoms with E-state index in [0.29, 0.717) is 0 Å². The zero-order chi connectivity index (χ0) is 15.0. The number of nitrogens with zero attached hydrogens (tertiary/aromatic N) is 4. The van der Waals surface area contributed by atoms with Crippen LogP contribution in [0.2, 0.25) is 0 Å². The minimum Gasteiger partial charge on any atom is -0.326 e. The molecular weight excluding hydrogens is 286 g/mol. The molecule has 0 atom stereocenters. The van der Waals surface area contributed by atoms with Crippen molar-refractivity contribution >= 4 is 27.9 Å². The van der Waals surface area contributed by atoms with Crippen molar-refractivity contribution in [3.8, 4) is 10.6 Å². The summed E-state index contributed by atoms with van der Waals surface area (Å²) in [6.45, 7) is 5.65. The summed E-state index contributed by atoms with van der Waals surface area (Å²) < 4.78 is 1.64. The van der Waals surface area contributed by atoms with Gasteiger partial charge in [-0.3, -0.25) is 4.79 Å². The van der Waals surface area contributed by atoms with Gasteiger partial charge >= 0.3 is 0 Å². The molecule has 0 aliphatic rings. The third-order valence-corrected chi connectivity index (χ3v) is 3.90. The van der Waals surface area contributed by atoms with Crippen LogP contribution in [-0.4, -0.2) is 25.7 Å². The van der Waals surface area contributed by atoms with Gasteiger partial charge in [-0.05, 0) is 12.1 Å². The average molecular weight is 301 g/mol. The fourth-order valence-electron chi connectivity index (χ4n) is 1.73. The van der Waals surface area contributed by atoms with Crippen LogP contribution < -0.4 is 5.32 Å². The second-order valence-electron chi connectivity index (χ2n) is 5.75. The van der Waals surface area contributed by atoms with Gasteiger partial charge in [0.25, 0.3) is 0 Å². The Hall–Kier alpha value is -2.28. The molecule has 1 amide bonds. The lowest BCUT2D eigenvalue weighted by molar-refractivity contribution is -0.123. The quantitative estimate of drug-likeness (QED) is 0.790. The molecule has 1 N–H and O–H groups in total.